The molecule has 0 bridgehead atoms. The van der Waals surface area contributed by atoms with Crippen LogP contribution >= 0.6 is 0 Å². The maximum Gasteiger partial charge on any atom is 0.387 e. The Balaban J connectivity index is 3.27. The van der Waals surface area contributed by atoms with Gasteiger partial charge in [0.15, 0.2) is 0 Å². The van der Waals surface area contributed by atoms with Crippen LogP contribution in [0.2, 0.25) is 0 Å². The zero-order valence-corrected chi connectivity index (χ0v) is 8.39. The van der Waals surface area contributed by atoms with Gasteiger partial charge in [0.1, 0.15) is 10.6 Å². The highest BCUT2D eigenvalue weighted by atomic mass is 32.3. The lowest BCUT2D eigenvalue weighted by Crippen LogP contribution is -2.06. The summed E-state index contributed by atoms with van der Waals surface area (Å²) in [5, 5.41) is 0. The second kappa shape index (κ2) is 4.09. The van der Waals surface area contributed by atoms with Crippen LogP contribution < -0.4 is 4.74 Å². The molecule has 1 aromatic carbocycles. The molecule has 84 valence electrons. The van der Waals surface area contributed by atoms with Crippen molar-refractivity contribution in [2.45, 2.75) is 18.4 Å². The van der Waals surface area contributed by atoms with E-state index < -0.39 is 27.5 Å². The van der Waals surface area contributed by atoms with Crippen LogP contribution in [0.5, 0.6) is 5.75 Å². The number of ether oxygens (including phenoxy) is 1. The molecule has 0 saturated carbocycles. The standard InChI is InChI=1S/C8H7F3O3S/c1-5-2-3-6(14-8(9)10)7(4-5)15(11,12)13/h2-4,8H,1H3. The summed E-state index contributed by atoms with van der Waals surface area (Å²) >= 11 is 0. The molecule has 15 heavy (non-hydrogen) atoms. The molecule has 0 heterocycles. The van der Waals surface area contributed by atoms with E-state index in [1.807, 2.05) is 0 Å². The number of alkyl halides is 2. The van der Waals surface area contributed by atoms with Gasteiger partial charge in [-0.05, 0) is 24.6 Å². The average molecular weight is 240 g/mol. The average Bonchev–Trinajstić information content (AvgIpc) is 2.05. The number of halogens is 3. The van der Waals surface area contributed by atoms with Crippen LogP contribution in [0.3, 0.4) is 0 Å². The fraction of sp³-hybridized carbons (Fsp3) is 0.250. The lowest BCUT2D eigenvalue weighted by Gasteiger charge is -2.08. The van der Waals surface area contributed by atoms with E-state index in [0.717, 1.165) is 12.1 Å². The predicted octanol–water partition coefficient (Wildman–Crippen LogP) is 2.25. The largest absolute Gasteiger partial charge is 0.433 e. The Labute approximate surface area is 84.7 Å². The molecule has 1 aromatic rings. The fourth-order valence-electron chi connectivity index (χ4n) is 0.999. The zero-order chi connectivity index (χ0) is 11.6. The van der Waals surface area contributed by atoms with E-state index in [9.17, 15) is 21.1 Å². The van der Waals surface area contributed by atoms with Crippen LogP contribution in [0.1, 0.15) is 5.56 Å². The van der Waals surface area contributed by atoms with Crippen LogP contribution in [-0.4, -0.2) is 15.0 Å². The molecule has 0 N–H and O–H groups in total. The van der Waals surface area contributed by atoms with E-state index in [0.29, 0.717) is 5.56 Å². The Hall–Kier alpha value is -1.24. The smallest absolute Gasteiger partial charge is 0.387 e. The maximum absolute atomic E-state index is 12.7. The quantitative estimate of drug-likeness (QED) is 0.761. The van der Waals surface area contributed by atoms with E-state index in [-0.39, 0.29) is 0 Å². The van der Waals surface area contributed by atoms with Gasteiger partial charge in [-0.3, -0.25) is 0 Å². The molecule has 0 unspecified atom stereocenters. The fourth-order valence-corrected chi connectivity index (χ4v) is 1.68. The summed E-state index contributed by atoms with van der Waals surface area (Å²) in [5.41, 5.74) is 0.424. The van der Waals surface area contributed by atoms with Gasteiger partial charge in [-0.2, -0.15) is 17.2 Å². The zero-order valence-electron chi connectivity index (χ0n) is 7.58. The highest BCUT2D eigenvalue weighted by molar-refractivity contribution is 7.86. The van der Waals surface area contributed by atoms with Crippen molar-refractivity contribution in [3.8, 4) is 5.75 Å². The van der Waals surface area contributed by atoms with Crippen LogP contribution in [0.25, 0.3) is 0 Å². The molecule has 0 fully saturated rings. The normalized spacial score (nSPS) is 11.8. The Bertz CT molecular complexity index is 456. The van der Waals surface area contributed by atoms with E-state index in [1.165, 1.54) is 13.0 Å². The highest BCUT2D eigenvalue weighted by Crippen LogP contribution is 2.27. The topological polar surface area (TPSA) is 43.4 Å². The number of rotatable bonds is 3. The number of hydrogen-bond donors (Lipinski definition) is 0. The Morgan fingerprint density at radius 3 is 2.40 bits per heavy atom. The third-order valence-corrected chi connectivity index (χ3v) is 2.42. The van der Waals surface area contributed by atoms with Crippen LogP contribution in [0.15, 0.2) is 23.1 Å². The van der Waals surface area contributed by atoms with Crippen molar-refractivity contribution in [3.05, 3.63) is 23.8 Å². The third kappa shape index (κ3) is 3.12. The molecule has 0 radical (unpaired) electrons. The van der Waals surface area contributed by atoms with Crippen molar-refractivity contribution in [2.75, 3.05) is 0 Å². The molecule has 7 heteroatoms. The molecule has 0 aliphatic heterocycles. The van der Waals surface area contributed by atoms with Gasteiger partial charge in [-0.1, -0.05) is 6.07 Å². The molecule has 0 atom stereocenters. The van der Waals surface area contributed by atoms with Gasteiger partial charge in [0.05, 0.1) is 0 Å². The van der Waals surface area contributed by atoms with E-state index in [4.69, 9.17) is 0 Å². The van der Waals surface area contributed by atoms with E-state index in [2.05, 4.69) is 4.74 Å². The summed E-state index contributed by atoms with van der Waals surface area (Å²) in [6, 6.07) is 3.24. The van der Waals surface area contributed by atoms with Crippen molar-refractivity contribution in [1.82, 2.24) is 0 Å². The SMILES string of the molecule is Cc1ccc(OC(F)F)c(S(=O)(=O)F)c1. The summed E-state index contributed by atoms with van der Waals surface area (Å²) in [6.45, 7) is -1.70. The van der Waals surface area contributed by atoms with Crippen molar-refractivity contribution in [3.63, 3.8) is 0 Å². The number of benzene rings is 1. The molecular formula is C8H7F3O3S. The first kappa shape index (κ1) is 11.8. The molecule has 0 aromatic heterocycles. The summed E-state index contributed by atoms with van der Waals surface area (Å²) in [4.78, 5) is -0.886. The van der Waals surface area contributed by atoms with Crippen molar-refractivity contribution < 1.29 is 25.8 Å². The van der Waals surface area contributed by atoms with Crippen molar-refractivity contribution >= 4 is 10.2 Å². The van der Waals surface area contributed by atoms with Gasteiger partial charge in [0.2, 0.25) is 0 Å². The maximum atomic E-state index is 12.7. The van der Waals surface area contributed by atoms with Crippen molar-refractivity contribution in [2.24, 2.45) is 0 Å². The summed E-state index contributed by atoms with van der Waals surface area (Å²) in [6.07, 6.45) is 0. The van der Waals surface area contributed by atoms with E-state index >= 15 is 0 Å². The number of hydrogen-bond acceptors (Lipinski definition) is 3. The van der Waals surface area contributed by atoms with Gasteiger partial charge in [0.25, 0.3) is 0 Å². The van der Waals surface area contributed by atoms with Gasteiger partial charge in [-0.25, -0.2) is 0 Å². The Kier molecular flexibility index (Phi) is 3.23. The molecular weight excluding hydrogens is 233 g/mol. The molecule has 0 amide bonds. The minimum Gasteiger partial charge on any atom is -0.433 e. The summed E-state index contributed by atoms with van der Waals surface area (Å²) in [7, 11) is -5.06. The van der Waals surface area contributed by atoms with E-state index in [1.54, 1.807) is 0 Å². The molecule has 0 saturated heterocycles. The lowest BCUT2D eigenvalue weighted by molar-refractivity contribution is -0.0517. The Morgan fingerprint density at radius 1 is 1.33 bits per heavy atom. The first-order valence-corrected chi connectivity index (χ1v) is 5.19. The van der Waals surface area contributed by atoms with Crippen LogP contribution in [-0.2, 0) is 10.2 Å². The van der Waals surface area contributed by atoms with Crippen molar-refractivity contribution in [1.29, 1.82) is 0 Å². The number of aryl methyl sites for hydroxylation is 1. The lowest BCUT2D eigenvalue weighted by atomic mass is 10.2. The highest BCUT2D eigenvalue weighted by Gasteiger charge is 2.20. The molecule has 0 aliphatic rings. The molecule has 1 rings (SSSR count). The monoisotopic (exact) mass is 240 g/mol. The minimum atomic E-state index is -5.06. The molecule has 0 aliphatic carbocycles. The first-order chi connectivity index (χ1) is 6.80. The first-order valence-electron chi connectivity index (χ1n) is 3.81. The molecule has 0 spiro atoms. The second-order valence-corrected chi connectivity index (χ2v) is 4.08. The van der Waals surface area contributed by atoms with Gasteiger partial charge < -0.3 is 4.74 Å². The minimum absolute atomic E-state index is 0.424. The predicted molar refractivity (Wildman–Crippen MR) is 46.1 cm³/mol. The van der Waals surface area contributed by atoms with Crippen LogP contribution in [0.4, 0.5) is 12.7 Å². The molecule has 3 nitrogen and oxygen atoms in total. The van der Waals surface area contributed by atoms with Crippen LogP contribution in [0, 0.1) is 6.92 Å². The third-order valence-electron chi connectivity index (χ3n) is 1.58. The summed E-state index contributed by atoms with van der Waals surface area (Å²) in [5.74, 6) is -0.696. The van der Waals surface area contributed by atoms with Gasteiger partial charge in [0, 0.05) is 0 Å². The second-order valence-electron chi connectivity index (χ2n) is 2.77. The Morgan fingerprint density at radius 2 is 1.93 bits per heavy atom. The van der Waals surface area contributed by atoms with Gasteiger partial charge in [-0.15, -0.1) is 3.89 Å². The van der Waals surface area contributed by atoms with Gasteiger partial charge >= 0.3 is 16.8 Å². The summed E-state index contributed by atoms with van der Waals surface area (Å²) < 4.78 is 61.4.